The van der Waals surface area contributed by atoms with Gasteiger partial charge in [-0.05, 0) is 61.4 Å². The molecule has 0 saturated carbocycles. The minimum absolute atomic E-state index is 0.0660. The summed E-state index contributed by atoms with van der Waals surface area (Å²) < 4.78 is 0. The summed E-state index contributed by atoms with van der Waals surface area (Å²) in [5, 5.41) is 12.3. The number of anilines is 3. The molecule has 3 heterocycles. The average molecular weight is 462 g/mol. The Balaban J connectivity index is 1.21. The van der Waals surface area contributed by atoms with E-state index in [1.165, 1.54) is 12.8 Å². The molecule has 2 fully saturated rings. The van der Waals surface area contributed by atoms with Crippen LogP contribution in [-0.2, 0) is 9.59 Å². The second-order valence-corrected chi connectivity index (χ2v) is 8.86. The summed E-state index contributed by atoms with van der Waals surface area (Å²) in [6.07, 6.45) is 2.58. The van der Waals surface area contributed by atoms with Gasteiger partial charge in [-0.15, -0.1) is 10.2 Å². The van der Waals surface area contributed by atoms with Crippen LogP contribution in [0.25, 0.3) is 11.3 Å². The first-order valence-corrected chi connectivity index (χ1v) is 11.5. The quantitative estimate of drug-likeness (QED) is 0.609. The number of halogens is 1. The smallest absolute Gasteiger partial charge is 0.229 e. The molecule has 0 spiro atoms. The van der Waals surface area contributed by atoms with E-state index in [0.717, 1.165) is 35.9 Å². The SMILES string of the molecule is O=C(Nc1ccc(-c2ccc(N3CCCC3)nn2)cc1)C1CC(=O)N(c2ccc(Cl)cc2)C1. The van der Waals surface area contributed by atoms with Crippen LogP contribution in [0, 0.1) is 5.92 Å². The minimum atomic E-state index is -0.406. The highest BCUT2D eigenvalue weighted by Crippen LogP contribution is 2.28. The first-order valence-electron chi connectivity index (χ1n) is 11.1. The monoisotopic (exact) mass is 461 g/mol. The van der Waals surface area contributed by atoms with E-state index in [1.54, 1.807) is 29.2 Å². The maximum atomic E-state index is 12.8. The molecule has 3 aromatic rings. The van der Waals surface area contributed by atoms with E-state index in [0.29, 0.717) is 17.3 Å². The molecule has 2 aliphatic heterocycles. The van der Waals surface area contributed by atoms with Crippen molar-refractivity contribution in [1.82, 2.24) is 10.2 Å². The molecule has 0 bridgehead atoms. The van der Waals surface area contributed by atoms with Gasteiger partial charge in [-0.3, -0.25) is 9.59 Å². The fourth-order valence-corrected chi connectivity index (χ4v) is 4.44. The number of nitrogens with one attached hydrogen (secondary N) is 1. The predicted octanol–water partition coefficient (Wildman–Crippen LogP) is 4.39. The van der Waals surface area contributed by atoms with E-state index >= 15 is 0 Å². The van der Waals surface area contributed by atoms with Crippen LogP contribution in [-0.4, -0.2) is 41.6 Å². The zero-order chi connectivity index (χ0) is 22.8. The molecule has 2 saturated heterocycles. The molecule has 7 nitrogen and oxygen atoms in total. The lowest BCUT2D eigenvalue weighted by atomic mass is 10.1. The topological polar surface area (TPSA) is 78.4 Å². The normalized spacial score (nSPS) is 18.1. The Hall–Kier alpha value is -3.45. The van der Waals surface area contributed by atoms with Crippen LogP contribution in [0.1, 0.15) is 19.3 Å². The van der Waals surface area contributed by atoms with Gasteiger partial charge in [0, 0.05) is 48.0 Å². The van der Waals surface area contributed by atoms with Crippen LogP contribution in [0.4, 0.5) is 17.2 Å². The summed E-state index contributed by atoms with van der Waals surface area (Å²) in [5.74, 6) is 0.279. The second-order valence-electron chi connectivity index (χ2n) is 8.42. The van der Waals surface area contributed by atoms with Gasteiger partial charge in [0.25, 0.3) is 0 Å². The molecule has 2 amide bonds. The Morgan fingerprint density at radius 2 is 1.67 bits per heavy atom. The van der Waals surface area contributed by atoms with E-state index in [2.05, 4.69) is 20.4 Å². The summed E-state index contributed by atoms with van der Waals surface area (Å²) in [6.45, 7) is 2.42. The number of nitrogens with zero attached hydrogens (tertiary/aromatic N) is 4. The predicted molar refractivity (Wildman–Crippen MR) is 129 cm³/mol. The average Bonchev–Trinajstić information content (AvgIpc) is 3.51. The molecule has 5 rings (SSSR count). The second kappa shape index (κ2) is 9.19. The Labute approximate surface area is 197 Å². The van der Waals surface area contributed by atoms with Crippen molar-refractivity contribution < 1.29 is 9.59 Å². The molecular formula is C25H24ClN5O2. The number of carbonyl (C=O) groups is 2. The van der Waals surface area contributed by atoms with Crippen molar-refractivity contribution in [2.24, 2.45) is 5.92 Å². The maximum absolute atomic E-state index is 12.8. The van der Waals surface area contributed by atoms with Crippen LogP contribution >= 0.6 is 11.6 Å². The molecule has 1 atom stereocenters. The molecule has 2 aromatic carbocycles. The molecule has 1 unspecified atom stereocenters. The van der Waals surface area contributed by atoms with Gasteiger partial charge in [0.15, 0.2) is 5.82 Å². The zero-order valence-corrected chi connectivity index (χ0v) is 18.8. The summed E-state index contributed by atoms with van der Waals surface area (Å²) in [5.41, 5.74) is 3.15. The summed E-state index contributed by atoms with van der Waals surface area (Å²) in [7, 11) is 0. The lowest BCUT2D eigenvalue weighted by Crippen LogP contribution is -2.28. The number of hydrogen-bond acceptors (Lipinski definition) is 5. The Morgan fingerprint density at radius 1 is 0.939 bits per heavy atom. The van der Waals surface area contributed by atoms with Gasteiger partial charge in [0.05, 0.1) is 11.6 Å². The van der Waals surface area contributed by atoms with Crippen molar-refractivity contribution in [3.05, 3.63) is 65.7 Å². The number of aromatic nitrogens is 2. The van der Waals surface area contributed by atoms with Gasteiger partial charge in [0.2, 0.25) is 11.8 Å². The number of amides is 2. The van der Waals surface area contributed by atoms with Gasteiger partial charge >= 0.3 is 0 Å². The number of benzene rings is 2. The summed E-state index contributed by atoms with van der Waals surface area (Å²) in [6, 6.07) is 18.6. The number of carbonyl (C=O) groups excluding carboxylic acids is 2. The van der Waals surface area contributed by atoms with E-state index < -0.39 is 5.92 Å². The fraction of sp³-hybridized carbons (Fsp3) is 0.280. The third kappa shape index (κ3) is 4.68. The molecule has 0 radical (unpaired) electrons. The van der Waals surface area contributed by atoms with E-state index in [-0.39, 0.29) is 18.2 Å². The van der Waals surface area contributed by atoms with Crippen molar-refractivity contribution in [2.45, 2.75) is 19.3 Å². The van der Waals surface area contributed by atoms with Gasteiger partial charge in [-0.25, -0.2) is 0 Å². The largest absolute Gasteiger partial charge is 0.355 e. The molecule has 8 heteroatoms. The first kappa shape index (κ1) is 21.4. The van der Waals surface area contributed by atoms with Crippen LogP contribution in [0.2, 0.25) is 5.02 Å². The Kier molecular flexibility index (Phi) is 5.96. The molecule has 0 aliphatic carbocycles. The third-order valence-electron chi connectivity index (χ3n) is 6.16. The van der Waals surface area contributed by atoms with Crippen LogP contribution in [0.15, 0.2) is 60.7 Å². The van der Waals surface area contributed by atoms with Crippen molar-refractivity contribution in [2.75, 3.05) is 34.8 Å². The fourth-order valence-electron chi connectivity index (χ4n) is 4.32. The van der Waals surface area contributed by atoms with Crippen LogP contribution in [0.3, 0.4) is 0 Å². The number of hydrogen-bond donors (Lipinski definition) is 1. The molecule has 1 N–H and O–H groups in total. The van der Waals surface area contributed by atoms with Crippen molar-refractivity contribution >= 4 is 40.6 Å². The van der Waals surface area contributed by atoms with Gasteiger partial charge in [-0.2, -0.15) is 0 Å². The van der Waals surface area contributed by atoms with Gasteiger partial charge in [0.1, 0.15) is 0 Å². The molecular weight excluding hydrogens is 438 g/mol. The van der Waals surface area contributed by atoms with Crippen molar-refractivity contribution in [1.29, 1.82) is 0 Å². The summed E-state index contributed by atoms with van der Waals surface area (Å²) in [4.78, 5) is 29.1. The van der Waals surface area contributed by atoms with Gasteiger partial charge in [-0.1, -0.05) is 23.7 Å². The van der Waals surface area contributed by atoms with E-state index in [9.17, 15) is 9.59 Å². The van der Waals surface area contributed by atoms with Crippen LogP contribution < -0.4 is 15.1 Å². The molecule has 33 heavy (non-hydrogen) atoms. The Bertz CT molecular complexity index is 1140. The van der Waals surface area contributed by atoms with Crippen LogP contribution in [0.5, 0.6) is 0 Å². The highest BCUT2D eigenvalue weighted by molar-refractivity contribution is 6.30. The lowest BCUT2D eigenvalue weighted by Gasteiger charge is -2.17. The highest BCUT2D eigenvalue weighted by atomic mass is 35.5. The maximum Gasteiger partial charge on any atom is 0.229 e. The molecule has 1 aromatic heterocycles. The van der Waals surface area contributed by atoms with Crippen molar-refractivity contribution in [3.63, 3.8) is 0 Å². The molecule has 168 valence electrons. The van der Waals surface area contributed by atoms with E-state index in [1.807, 2.05) is 36.4 Å². The first-order chi connectivity index (χ1) is 16.1. The van der Waals surface area contributed by atoms with E-state index in [4.69, 9.17) is 11.6 Å². The minimum Gasteiger partial charge on any atom is -0.355 e. The highest BCUT2D eigenvalue weighted by Gasteiger charge is 2.35. The van der Waals surface area contributed by atoms with Crippen molar-refractivity contribution in [3.8, 4) is 11.3 Å². The lowest BCUT2D eigenvalue weighted by molar-refractivity contribution is -0.122. The number of rotatable bonds is 5. The van der Waals surface area contributed by atoms with Gasteiger partial charge < -0.3 is 15.1 Å². The Morgan fingerprint density at radius 3 is 2.33 bits per heavy atom. The third-order valence-corrected chi connectivity index (χ3v) is 6.41. The standard InChI is InChI=1S/C25H24ClN5O2/c26-19-5-9-21(10-6-19)31-16-18(15-24(31)32)25(33)27-20-7-3-17(4-8-20)22-11-12-23(29-28-22)30-13-1-2-14-30/h3-12,18H,1-2,13-16H2,(H,27,33). The zero-order valence-electron chi connectivity index (χ0n) is 18.1. The molecule has 2 aliphatic rings. The summed E-state index contributed by atoms with van der Waals surface area (Å²) >= 11 is 5.93.